The number of aliphatic hydroxyl groups is 1. The fourth-order valence-electron chi connectivity index (χ4n) is 4.61. The van der Waals surface area contributed by atoms with Crippen molar-refractivity contribution >= 4 is 21.7 Å². The Labute approximate surface area is 176 Å². The number of pyridine rings is 1. The highest BCUT2D eigenvalue weighted by atomic mass is 16.5. The van der Waals surface area contributed by atoms with Gasteiger partial charge in [0.05, 0.1) is 6.61 Å². The van der Waals surface area contributed by atoms with E-state index < -0.39 is 6.23 Å². The van der Waals surface area contributed by atoms with Gasteiger partial charge in [-0.1, -0.05) is 30.3 Å². The number of aromatic amines is 1. The number of nitrogens with one attached hydrogen (secondary N) is 1. The predicted octanol–water partition coefficient (Wildman–Crippen LogP) is 4.68. The standard InChI is InChI=1S/C25H27N3O2/c29-25(11-15-30-24-7-3-6-23-21(24)8-12-27-23)28-13-9-18(10-14-28)22-17-26-16-19-4-1-2-5-20(19)22/h1-8,12,16-18,25,27,29H,9-11,13-15H2. The minimum Gasteiger partial charge on any atom is -0.493 e. The number of H-pyrrole nitrogens is 1. The predicted molar refractivity (Wildman–Crippen MR) is 120 cm³/mol. The van der Waals surface area contributed by atoms with Crippen LogP contribution >= 0.6 is 0 Å². The Bertz CT molecular complexity index is 1130. The first-order valence-corrected chi connectivity index (χ1v) is 10.7. The summed E-state index contributed by atoms with van der Waals surface area (Å²) in [6.45, 7) is 2.28. The zero-order chi connectivity index (χ0) is 20.3. The summed E-state index contributed by atoms with van der Waals surface area (Å²) in [5.74, 6) is 1.36. The third-order valence-electron chi connectivity index (χ3n) is 6.28. The van der Waals surface area contributed by atoms with Crippen molar-refractivity contribution in [2.24, 2.45) is 0 Å². The molecule has 4 aromatic rings. The van der Waals surface area contributed by atoms with Crippen LogP contribution in [0.3, 0.4) is 0 Å². The Kier molecular flexibility index (Phi) is 5.39. The van der Waals surface area contributed by atoms with Crippen LogP contribution in [-0.4, -0.2) is 45.9 Å². The molecule has 1 saturated heterocycles. The maximum Gasteiger partial charge on any atom is 0.128 e. The molecule has 1 aliphatic heterocycles. The summed E-state index contributed by atoms with van der Waals surface area (Å²) < 4.78 is 5.96. The fraction of sp³-hybridized carbons (Fsp3) is 0.320. The van der Waals surface area contributed by atoms with Crippen molar-refractivity contribution in [3.05, 3.63) is 72.7 Å². The van der Waals surface area contributed by atoms with Crippen LogP contribution in [0.25, 0.3) is 21.7 Å². The first kappa shape index (κ1) is 19.1. The van der Waals surface area contributed by atoms with Gasteiger partial charge in [0.15, 0.2) is 0 Å². The van der Waals surface area contributed by atoms with Crippen LogP contribution in [-0.2, 0) is 0 Å². The normalized spacial score (nSPS) is 16.8. The lowest BCUT2D eigenvalue weighted by Crippen LogP contribution is -2.41. The number of aliphatic hydroxyl groups excluding tert-OH is 1. The Morgan fingerprint density at radius 3 is 2.80 bits per heavy atom. The highest BCUT2D eigenvalue weighted by molar-refractivity contribution is 5.86. The van der Waals surface area contributed by atoms with Gasteiger partial charge in [-0.3, -0.25) is 9.88 Å². The molecule has 1 aliphatic rings. The van der Waals surface area contributed by atoms with Crippen molar-refractivity contribution in [3.63, 3.8) is 0 Å². The van der Waals surface area contributed by atoms with Gasteiger partial charge in [0, 0.05) is 54.4 Å². The quantitative estimate of drug-likeness (QED) is 0.492. The average Bonchev–Trinajstić information content (AvgIpc) is 3.29. The van der Waals surface area contributed by atoms with E-state index in [0.717, 1.165) is 42.6 Å². The molecule has 0 radical (unpaired) electrons. The molecule has 1 fully saturated rings. The molecule has 154 valence electrons. The maximum atomic E-state index is 10.7. The van der Waals surface area contributed by atoms with Crippen LogP contribution in [0, 0.1) is 0 Å². The van der Waals surface area contributed by atoms with Crippen LogP contribution < -0.4 is 4.74 Å². The SMILES string of the molecule is OC(CCOc1cccc2[nH]ccc12)N1CCC(c2cncc3ccccc23)CC1. The van der Waals surface area contributed by atoms with E-state index >= 15 is 0 Å². The maximum absolute atomic E-state index is 10.7. The molecule has 5 nitrogen and oxygen atoms in total. The van der Waals surface area contributed by atoms with Crippen molar-refractivity contribution in [1.29, 1.82) is 0 Å². The molecule has 1 unspecified atom stereocenters. The zero-order valence-corrected chi connectivity index (χ0v) is 17.0. The molecule has 0 amide bonds. The monoisotopic (exact) mass is 401 g/mol. The van der Waals surface area contributed by atoms with E-state index in [0.29, 0.717) is 18.9 Å². The number of nitrogens with zero attached hydrogens (tertiary/aromatic N) is 2. The van der Waals surface area contributed by atoms with Crippen LogP contribution in [0.4, 0.5) is 0 Å². The molecule has 2 aromatic heterocycles. The van der Waals surface area contributed by atoms with Gasteiger partial charge in [0.25, 0.3) is 0 Å². The van der Waals surface area contributed by atoms with Crippen LogP contribution in [0.15, 0.2) is 67.1 Å². The smallest absolute Gasteiger partial charge is 0.128 e. The van der Waals surface area contributed by atoms with Crippen molar-refractivity contribution in [3.8, 4) is 5.75 Å². The highest BCUT2D eigenvalue weighted by Gasteiger charge is 2.25. The van der Waals surface area contributed by atoms with E-state index in [1.165, 1.54) is 16.3 Å². The summed E-state index contributed by atoms with van der Waals surface area (Å²) in [4.78, 5) is 9.82. The molecule has 3 heterocycles. The number of fused-ring (bicyclic) bond motifs is 2. The highest BCUT2D eigenvalue weighted by Crippen LogP contribution is 2.33. The largest absolute Gasteiger partial charge is 0.493 e. The molecule has 0 saturated carbocycles. The van der Waals surface area contributed by atoms with Crippen molar-refractivity contribution in [2.45, 2.75) is 31.4 Å². The van der Waals surface area contributed by atoms with Gasteiger partial charge in [-0.25, -0.2) is 0 Å². The van der Waals surface area contributed by atoms with Crippen molar-refractivity contribution < 1.29 is 9.84 Å². The zero-order valence-electron chi connectivity index (χ0n) is 17.0. The molecule has 2 aromatic carbocycles. The minimum absolute atomic E-state index is 0.470. The molecule has 0 aliphatic carbocycles. The number of hydrogen-bond donors (Lipinski definition) is 2. The number of ether oxygens (including phenoxy) is 1. The number of likely N-dealkylation sites (tertiary alicyclic amines) is 1. The number of benzene rings is 2. The van der Waals surface area contributed by atoms with E-state index in [1.54, 1.807) is 0 Å². The Hall–Kier alpha value is -2.89. The van der Waals surface area contributed by atoms with E-state index in [2.05, 4.69) is 39.1 Å². The lowest BCUT2D eigenvalue weighted by molar-refractivity contribution is -0.0233. The molecule has 5 heteroatoms. The van der Waals surface area contributed by atoms with Gasteiger partial charge in [-0.15, -0.1) is 0 Å². The molecular weight excluding hydrogens is 374 g/mol. The molecule has 2 N–H and O–H groups in total. The summed E-state index contributed by atoms with van der Waals surface area (Å²) in [6.07, 6.45) is 8.08. The Morgan fingerprint density at radius 1 is 1.03 bits per heavy atom. The molecule has 30 heavy (non-hydrogen) atoms. The fourth-order valence-corrected chi connectivity index (χ4v) is 4.61. The molecule has 5 rings (SSSR count). The van der Waals surface area contributed by atoms with Gasteiger partial charge in [0.1, 0.15) is 12.0 Å². The van der Waals surface area contributed by atoms with Crippen LogP contribution in [0.2, 0.25) is 0 Å². The second-order valence-electron chi connectivity index (χ2n) is 8.07. The topological polar surface area (TPSA) is 61.4 Å². The summed E-state index contributed by atoms with van der Waals surface area (Å²) in [5.41, 5.74) is 2.41. The molecule has 0 spiro atoms. The van der Waals surface area contributed by atoms with E-state index in [9.17, 15) is 5.11 Å². The first-order chi connectivity index (χ1) is 14.8. The summed E-state index contributed by atoms with van der Waals surface area (Å²) >= 11 is 0. The van der Waals surface area contributed by atoms with Gasteiger partial charge in [-0.2, -0.15) is 0 Å². The number of hydrogen-bond acceptors (Lipinski definition) is 4. The lowest BCUT2D eigenvalue weighted by atomic mass is 9.87. The van der Waals surface area contributed by atoms with E-state index in [-0.39, 0.29) is 0 Å². The van der Waals surface area contributed by atoms with E-state index in [1.807, 2.05) is 42.9 Å². The summed E-state index contributed by atoms with van der Waals surface area (Å²) in [7, 11) is 0. The lowest BCUT2D eigenvalue weighted by Gasteiger charge is -2.35. The third-order valence-corrected chi connectivity index (χ3v) is 6.28. The second kappa shape index (κ2) is 8.46. The third kappa shape index (κ3) is 3.78. The van der Waals surface area contributed by atoms with Crippen molar-refractivity contribution in [2.75, 3.05) is 19.7 Å². The van der Waals surface area contributed by atoms with Crippen LogP contribution in [0.1, 0.15) is 30.7 Å². The number of aromatic nitrogens is 2. The van der Waals surface area contributed by atoms with E-state index in [4.69, 9.17) is 4.74 Å². The Morgan fingerprint density at radius 2 is 1.90 bits per heavy atom. The summed E-state index contributed by atoms with van der Waals surface area (Å²) in [5, 5.41) is 14.3. The van der Waals surface area contributed by atoms with Crippen LogP contribution in [0.5, 0.6) is 5.75 Å². The van der Waals surface area contributed by atoms with Crippen molar-refractivity contribution in [1.82, 2.24) is 14.9 Å². The van der Waals surface area contributed by atoms with Gasteiger partial charge >= 0.3 is 0 Å². The molecule has 0 bridgehead atoms. The second-order valence-corrected chi connectivity index (χ2v) is 8.07. The molecular formula is C25H27N3O2. The van der Waals surface area contributed by atoms with Gasteiger partial charge in [0.2, 0.25) is 0 Å². The Balaban J connectivity index is 1.16. The minimum atomic E-state index is -0.470. The van der Waals surface area contributed by atoms with Gasteiger partial charge in [-0.05, 0) is 47.9 Å². The number of rotatable bonds is 6. The first-order valence-electron chi connectivity index (χ1n) is 10.7. The number of piperidine rings is 1. The average molecular weight is 402 g/mol. The van der Waals surface area contributed by atoms with Gasteiger partial charge < -0.3 is 14.8 Å². The summed E-state index contributed by atoms with van der Waals surface area (Å²) in [6, 6.07) is 16.5. The molecule has 1 atom stereocenters.